The smallest absolute Gasteiger partial charge is 0.436 e. The van der Waals surface area contributed by atoms with Gasteiger partial charge in [0, 0.05) is 12.1 Å². The molecule has 0 radical (unpaired) electrons. The highest BCUT2D eigenvalue weighted by molar-refractivity contribution is 6.15. The van der Waals surface area contributed by atoms with Crippen molar-refractivity contribution in [1.82, 2.24) is 0 Å². The number of benzene rings is 1. The Morgan fingerprint density at radius 2 is 2.00 bits per heavy atom. The minimum Gasteiger partial charge on any atom is -0.452 e. The summed E-state index contributed by atoms with van der Waals surface area (Å²) < 4.78 is 8.80. The number of non-ortho nitro benzene ring substituents is 1. The second-order valence-corrected chi connectivity index (χ2v) is 3.52. The third-order valence-electron chi connectivity index (χ3n) is 2.27. The quantitative estimate of drug-likeness (QED) is 0.375. The lowest BCUT2D eigenvalue weighted by Crippen LogP contribution is -2.42. The molecular weight excluding hydrogens is 284 g/mol. The van der Waals surface area contributed by atoms with Crippen LogP contribution in [0.4, 0.5) is 21.0 Å². The Kier molecular flexibility index (Phi) is 5.17. The molecule has 1 rings (SSSR count). The molecule has 1 aromatic carbocycles. The van der Waals surface area contributed by atoms with Crippen molar-refractivity contribution in [2.75, 3.05) is 19.1 Å². The van der Waals surface area contributed by atoms with Gasteiger partial charge in [-0.2, -0.15) is 0 Å². The molecule has 10 heteroatoms. The molecule has 21 heavy (non-hydrogen) atoms. The number of amides is 2. The highest BCUT2D eigenvalue weighted by atomic mass is 16.6. The zero-order valence-electron chi connectivity index (χ0n) is 11.2. The lowest BCUT2D eigenvalue weighted by molar-refractivity contribution is -0.384. The van der Waals surface area contributed by atoms with Crippen molar-refractivity contribution in [3.8, 4) is 0 Å². The third kappa shape index (κ3) is 3.89. The first-order valence-electron chi connectivity index (χ1n) is 5.45. The molecule has 10 nitrogen and oxygen atoms in total. The Hall–Kier alpha value is -3.17. The summed E-state index contributed by atoms with van der Waals surface area (Å²) in [7, 11) is 2.16. The predicted molar refractivity (Wildman–Crippen MR) is 72.0 cm³/mol. The van der Waals surface area contributed by atoms with Gasteiger partial charge in [0.05, 0.1) is 24.8 Å². The first-order valence-corrected chi connectivity index (χ1v) is 5.45. The van der Waals surface area contributed by atoms with E-state index in [0.717, 1.165) is 20.3 Å². The average molecular weight is 296 g/mol. The minimum absolute atomic E-state index is 0.0150. The van der Waals surface area contributed by atoms with Gasteiger partial charge < -0.3 is 15.2 Å². The summed E-state index contributed by atoms with van der Waals surface area (Å²) in [5.74, 6) is -0.547. The summed E-state index contributed by atoms with van der Waals surface area (Å²) in [5, 5.41) is 10.7. The van der Waals surface area contributed by atoms with E-state index in [1.807, 2.05) is 0 Å². The van der Waals surface area contributed by atoms with Crippen molar-refractivity contribution in [2.45, 2.75) is 0 Å². The predicted octanol–water partition coefficient (Wildman–Crippen LogP) is 1.25. The maximum absolute atomic E-state index is 11.7. The number of aliphatic imine (C=N–C) groups is 1. The van der Waals surface area contributed by atoms with Crippen LogP contribution in [0.15, 0.2) is 29.3 Å². The van der Waals surface area contributed by atoms with Gasteiger partial charge in [-0.15, -0.1) is 4.99 Å². The maximum Gasteiger partial charge on any atom is 0.436 e. The van der Waals surface area contributed by atoms with Crippen molar-refractivity contribution < 1.29 is 24.0 Å². The van der Waals surface area contributed by atoms with E-state index in [9.17, 15) is 19.7 Å². The van der Waals surface area contributed by atoms with Gasteiger partial charge in [0.15, 0.2) is 0 Å². The van der Waals surface area contributed by atoms with Crippen LogP contribution >= 0.6 is 0 Å². The summed E-state index contributed by atoms with van der Waals surface area (Å²) in [6.45, 7) is 0. The van der Waals surface area contributed by atoms with Crippen LogP contribution in [0.1, 0.15) is 0 Å². The van der Waals surface area contributed by atoms with Crippen LogP contribution in [0, 0.1) is 10.1 Å². The van der Waals surface area contributed by atoms with E-state index in [-0.39, 0.29) is 11.4 Å². The number of anilines is 1. The van der Waals surface area contributed by atoms with E-state index in [0.29, 0.717) is 4.90 Å². The number of carbonyl (C=O) groups excluding carboxylic acids is 2. The molecule has 0 aliphatic heterocycles. The molecule has 1 aromatic rings. The first kappa shape index (κ1) is 15.9. The Bertz CT molecular complexity index is 600. The van der Waals surface area contributed by atoms with Crippen LogP contribution in [-0.2, 0) is 9.47 Å². The van der Waals surface area contributed by atoms with Gasteiger partial charge in [-0.3, -0.25) is 10.1 Å². The molecule has 0 bridgehead atoms. The van der Waals surface area contributed by atoms with Crippen molar-refractivity contribution in [3.05, 3.63) is 34.4 Å². The summed E-state index contributed by atoms with van der Waals surface area (Å²) >= 11 is 0. The minimum atomic E-state index is -1.04. The number of ether oxygens (including phenoxy) is 2. The number of nitrogens with two attached hydrogens (primary N) is 1. The van der Waals surface area contributed by atoms with E-state index >= 15 is 0 Å². The number of nitro benzene ring substituents is 1. The van der Waals surface area contributed by atoms with E-state index in [1.54, 1.807) is 0 Å². The number of hydrogen-bond acceptors (Lipinski definition) is 6. The van der Waals surface area contributed by atoms with Crippen LogP contribution in [0.2, 0.25) is 0 Å². The van der Waals surface area contributed by atoms with E-state index in [4.69, 9.17) is 5.73 Å². The van der Waals surface area contributed by atoms with Gasteiger partial charge in [0.2, 0.25) is 5.96 Å². The van der Waals surface area contributed by atoms with Crippen LogP contribution in [0.3, 0.4) is 0 Å². The molecule has 2 amide bonds. The average Bonchev–Trinajstić information content (AvgIpc) is 2.47. The Morgan fingerprint density at radius 1 is 1.33 bits per heavy atom. The van der Waals surface area contributed by atoms with Gasteiger partial charge in [-0.25, -0.2) is 14.5 Å². The number of nitrogens with zero attached hydrogens (tertiary/aromatic N) is 3. The van der Waals surface area contributed by atoms with Gasteiger partial charge in [0.1, 0.15) is 0 Å². The Labute approximate surface area is 118 Å². The van der Waals surface area contributed by atoms with Crippen LogP contribution in [0.5, 0.6) is 0 Å². The summed E-state index contributed by atoms with van der Waals surface area (Å²) in [6.07, 6.45) is -2.01. The molecular formula is C11H12N4O6. The second-order valence-electron chi connectivity index (χ2n) is 3.52. The molecule has 0 aliphatic carbocycles. The van der Waals surface area contributed by atoms with E-state index in [2.05, 4.69) is 14.5 Å². The Balaban J connectivity index is 3.29. The molecule has 0 saturated carbocycles. The van der Waals surface area contributed by atoms with E-state index in [1.165, 1.54) is 18.2 Å². The topological polar surface area (TPSA) is 137 Å². The van der Waals surface area contributed by atoms with E-state index < -0.39 is 23.1 Å². The monoisotopic (exact) mass is 296 g/mol. The number of methoxy groups -OCH3 is 2. The fourth-order valence-electron chi connectivity index (χ4n) is 1.36. The molecule has 0 unspecified atom stereocenters. The van der Waals surface area contributed by atoms with Gasteiger partial charge in [-0.1, -0.05) is 6.07 Å². The van der Waals surface area contributed by atoms with Crippen molar-refractivity contribution in [3.63, 3.8) is 0 Å². The zero-order chi connectivity index (χ0) is 16.0. The van der Waals surface area contributed by atoms with Crippen LogP contribution < -0.4 is 10.6 Å². The summed E-state index contributed by atoms with van der Waals surface area (Å²) in [6, 6.07) is 5.02. The maximum atomic E-state index is 11.7. The Morgan fingerprint density at radius 3 is 2.52 bits per heavy atom. The third-order valence-corrected chi connectivity index (χ3v) is 2.27. The molecule has 0 aromatic heterocycles. The molecule has 2 N–H and O–H groups in total. The highest BCUT2D eigenvalue weighted by Gasteiger charge is 2.23. The standard InChI is InChI=1S/C11H12N4O6/c1-20-10(16)13-9(12)14(11(17)21-2)7-4-3-5-8(6-7)15(18)19/h3-6H,1-2H3,(H2,12,13,16). The lowest BCUT2D eigenvalue weighted by Gasteiger charge is -2.19. The summed E-state index contributed by atoms with van der Waals surface area (Å²) in [4.78, 5) is 36.9. The molecule has 0 fully saturated rings. The van der Waals surface area contributed by atoms with Gasteiger partial charge in [-0.05, 0) is 6.07 Å². The van der Waals surface area contributed by atoms with Crippen molar-refractivity contribution in [1.29, 1.82) is 0 Å². The number of carbonyl (C=O) groups is 2. The van der Waals surface area contributed by atoms with Crippen LogP contribution in [0.25, 0.3) is 0 Å². The number of hydrogen-bond donors (Lipinski definition) is 1. The molecule has 0 spiro atoms. The SMILES string of the molecule is COC(=O)/N=C(\N)N(C(=O)OC)c1cccc([N+](=O)[O-])c1. The fourth-order valence-corrected chi connectivity index (χ4v) is 1.36. The molecule has 0 saturated heterocycles. The number of rotatable bonds is 2. The van der Waals surface area contributed by atoms with Crippen molar-refractivity contribution in [2.24, 2.45) is 10.7 Å². The van der Waals surface area contributed by atoms with Gasteiger partial charge in [0.25, 0.3) is 5.69 Å². The van der Waals surface area contributed by atoms with Crippen molar-refractivity contribution >= 4 is 29.5 Å². The second kappa shape index (κ2) is 6.84. The highest BCUT2D eigenvalue weighted by Crippen LogP contribution is 2.21. The van der Waals surface area contributed by atoms with Crippen LogP contribution in [-0.4, -0.2) is 37.3 Å². The fraction of sp³-hybridized carbons (Fsp3) is 0.182. The molecule has 0 heterocycles. The normalized spacial score (nSPS) is 10.7. The molecule has 0 atom stereocenters. The number of guanidine groups is 1. The molecule has 112 valence electrons. The lowest BCUT2D eigenvalue weighted by atomic mass is 10.2. The number of nitro groups is 1. The first-order chi connectivity index (χ1) is 9.90. The van der Waals surface area contributed by atoms with Gasteiger partial charge >= 0.3 is 12.2 Å². The zero-order valence-corrected chi connectivity index (χ0v) is 11.2. The summed E-state index contributed by atoms with van der Waals surface area (Å²) in [5.41, 5.74) is 5.28. The largest absolute Gasteiger partial charge is 0.452 e. The molecule has 0 aliphatic rings.